The molecule has 1 heterocycles. The predicted octanol–water partition coefficient (Wildman–Crippen LogP) is 3.76. The summed E-state index contributed by atoms with van der Waals surface area (Å²) in [7, 11) is 2.67. The highest BCUT2D eigenvalue weighted by Crippen LogP contribution is 2.35. The molecule has 0 radical (unpaired) electrons. The van der Waals surface area contributed by atoms with Gasteiger partial charge in [0.25, 0.3) is 5.91 Å². The van der Waals surface area contributed by atoms with E-state index in [1.165, 1.54) is 20.3 Å². The number of halogens is 2. The SMILES string of the molecule is COC(=O)CN1C(=O)N/C(=C/c2cc(OC)c(OCc3ccc(Cl)cc3)cc2Br)C1=O. The van der Waals surface area contributed by atoms with E-state index in [9.17, 15) is 14.4 Å². The van der Waals surface area contributed by atoms with Gasteiger partial charge in [-0.25, -0.2) is 9.69 Å². The number of esters is 1. The molecule has 31 heavy (non-hydrogen) atoms. The first-order chi connectivity index (χ1) is 14.8. The van der Waals surface area contributed by atoms with E-state index in [1.807, 2.05) is 12.1 Å². The van der Waals surface area contributed by atoms with Crippen LogP contribution in [0.5, 0.6) is 11.5 Å². The monoisotopic (exact) mass is 508 g/mol. The lowest BCUT2D eigenvalue weighted by Crippen LogP contribution is -2.36. The zero-order chi connectivity index (χ0) is 22.5. The summed E-state index contributed by atoms with van der Waals surface area (Å²) < 4.78 is 16.4. The summed E-state index contributed by atoms with van der Waals surface area (Å²) in [4.78, 5) is 36.7. The van der Waals surface area contributed by atoms with Crippen LogP contribution in [0.2, 0.25) is 5.02 Å². The van der Waals surface area contributed by atoms with E-state index < -0.39 is 24.5 Å². The number of hydrogen-bond donors (Lipinski definition) is 1. The van der Waals surface area contributed by atoms with E-state index in [-0.39, 0.29) is 5.70 Å². The number of nitrogens with zero attached hydrogens (tertiary/aromatic N) is 1. The third kappa shape index (κ3) is 5.36. The number of urea groups is 1. The summed E-state index contributed by atoms with van der Waals surface area (Å²) in [6.07, 6.45) is 1.48. The maximum absolute atomic E-state index is 12.5. The van der Waals surface area contributed by atoms with E-state index in [0.29, 0.717) is 33.2 Å². The predicted molar refractivity (Wildman–Crippen MR) is 117 cm³/mol. The number of carbonyl (C=O) groups is 3. The Balaban J connectivity index is 1.81. The number of imide groups is 1. The van der Waals surface area contributed by atoms with Crippen molar-refractivity contribution in [2.45, 2.75) is 6.61 Å². The number of nitrogens with one attached hydrogen (secondary N) is 1. The van der Waals surface area contributed by atoms with E-state index in [1.54, 1.807) is 24.3 Å². The first kappa shape index (κ1) is 22.6. The molecule has 8 nitrogen and oxygen atoms in total. The van der Waals surface area contributed by atoms with Gasteiger partial charge in [-0.15, -0.1) is 0 Å². The van der Waals surface area contributed by atoms with Gasteiger partial charge in [0.1, 0.15) is 18.8 Å². The molecule has 1 N–H and O–H groups in total. The van der Waals surface area contributed by atoms with E-state index >= 15 is 0 Å². The lowest BCUT2D eigenvalue weighted by atomic mass is 10.1. The largest absolute Gasteiger partial charge is 0.493 e. The van der Waals surface area contributed by atoms with Crippen molar-refractivity contribution in [1.82, 2.24) is 10.2 Å². The fraction of sp³-hybridized carbons (Fsp3) is 0.190. The zero-order valence-corrected chi connectivity index (χ0v) is 19.0. The molecule has 10 heteroatoms. The highest BCUT2D eigenvalue weighted by molar-refractivity contribution is 9.10. The highest BCUT2D eigenvalue weighted by atomic mass is 79.9. The minimum absolute atomic E-state index is 0.0199. The van der Waals surface area contributed by atoms with Gasteiger partial charge in [-0.3, -0.25) is 9.59 Å². The second-order valence-corrected chi connectivity index (χ2v) is 7.69. The second kappa shape index (κ2) is 9.84. The summed E-state index contributed by atoms with van der Waals surface area (Å²) in [6.45, 7) is -0.169. The van der Waals surface area contributed by atoms with Crippen LogP contribution in [0, 0.1) is 0 Å². The van der Waals surface area contributed by atoms with Crippen molar-refractivity contribution in [2.75, 3.05) is 20.8 Å². The van der Waals surface area contributed by atoms with Gasteiger partial charge in [0.05, 0.1) is 14.2 Å². The summed E-state index contributed by atoms with van der Waals surface area (Å²) >= 11 is 9.34. The highest BCUT2D eigenvalue weighted by Gasteiger charge is 2.35. The van der Waals surface area contributed by atoms with Crippen molar-refractivity contribution < 1.29 is 28.6 Å². The number of hydrogen-bond acceptors (Lipinski definition) is 6. The first-order valence-electron chi connectivity index (χ1n) is 8.98. The van der Waals surface area contributed by atoms with Crippen molar-refractivity contribution in [3.05, 3.63) is 62.7 Å². The van der Waals surface area contributed by atoms with Crippen molar-refractivity contribution in [2.24, 2.45) is 0 Å². The Hall–Kier alpha value is -3.04. The lowest BCUT2D eigenvalue weighted by Gasteiger charge is -2.13. The maximum atomic E-state index is 12.5. The maximum Gasteiger partial charge on any atom is 0.329 e. The summed E-state index contributed by atoms with van der Waals surface area (Å²) in [6, 6.07) is 9.94. The Kier molecular flexibility index (Phi) is 7.19. The van der Waals surface area contributed by atoms with Gasteiger partial charge in [-0.05, 0) is 41.5 Å². The fourth-order valence-electron chi connectivity index (χ4n) is 2.74. The molecule has 0 aromatic heterocycles. The van der Waals surface area contributed by atoms with Crippen LogP contribution in [0.1, 0.15) is 11.1 Å². The molecule has 3 amide bonds. The Bertz CT molecular complexity index is 1050. The molecule has 0 atom stereocenters. The summed E-state index contributed by atoms with van der Waals surface area (Å²) in [5.41, 5.74) is 1.52. The van der Waals surface area contributed by atoms with Gasteiger partial charge in [0.15, 0.2) is 11.5 Å². The average Bonchev–Trinajstić information content (AvgIpc) is 3.02. The van der Waals surface area contributed by atoms with Gasteiger partial charge in [-0.1, -0.05) is 39.7 Å². The molecule has 0 unspecified atom stereocenters. The first-order valence-corrected chi connectivity index (χ1v) is 10.2. The Morgan fingerprint density at radius 2 is 1.87 bits per heavy atom. The molecule has 1 saturated heterocycles. The topological polar surface area (TPSA) is 94.2 Å². The van der Waals surface area contributed by atoms with E-state index in [4.69, 9.17) is 21.1 Å². The molecule has 0 bridgehead atoms. The zero-order valence-electron chi connectivity index (χ0n) is 16.6. The van der Waals surface area contributed by atoms with Gasteiger partial charge < -0.3 is 19.5 Å². The molecule has 2 aromatic carbocycles. The number of ether oxygens (including phenoxy) is 3. The lowest BCUT2D eigenvalue weighted by molar-refractivity contribution is -0.143. The molecular weight excluding hydrogens is 492 g/mol. The number of methoxy groups -OCH3 is 2. The van der Waals surface area contributed by atoms with Crippen molar-refractivity contribution in [3.8, 4) is 11.5 Å². The van der Waals surface area contributed by atoms with Crippen molar-refractivity contribution >= 4 is 51.5 Å². The number of benzene rings is 2. The molecule has 0 spiro atoms. The molecule has 3 rings (SSSR count). The van der Waals surface area contributed by atoms with Gasteiger partial charge in [0.2, 0.25) is 0 Å². The molecule has 1 aliphatic heterocycles. The summed E-state index contributed by atoms with van der Waals surface area (Å²) in [5.74, 6) is -0.410. The third-order valence-corrected chi connectivity index (χ3v) is 5.31. The van der Waals surface area contributed by atoms with Crippen molar-refractivity contribution in [3.63, 3.8) is 0 Å². The van der Waals surface area contributed by atoms with Crippen LogP contribution in [0.25, 0.3) is 6.08 Å². The van der Waals surface area contributed by atoms with Gasteiger partial charge in [-0.2, -0.15) is 0 Å². The minimum atomic E-state index is -0.701. The number of carbonyl (C=O) groups excluding carboxylic acids is 3. The molecule has 2 aromatic rings. The number of amides is 3. The Morgan fingerprint density at radius 3 is 2.52 bits per heavy atom. The van der Waals surface area contributed by atoms with Gasteiger partial charge in [0, 0.05) is 9.50 Å². The average molecular weight is 510 g/mol. The minimum Gasteiger partial charge on any atom is -0.493 e. The normalized spacial score (nSPS) is 14.6. The molecule has 0 saturated carbocycles. The van der Waals surface area contributed by atoms with E-state index in [2.05, 4.69) is 26.0 Å². The van der Waals surface area contributed by atoms with Crippen LogP contribution >= 0.6 is 27.5 Å². The standard InChI is InChI=1S/C21H18BrClN2O6/c1-29-17-8-13(7-16-20(27)25(21(28)24-16)10-19(26)30-2)15(22)9-18(17)31-11-12-3-5-14(23)6-4-12/h3-9H,10-11H2,1-2H3,(H,24,28)/b16-7+. The molecule has 1 aliphatic rings. The van der Waals surface area contributed by atoms with Crippen LogP contribution in [0.15, 0.2) is 46.6 Å². The Morgan fingerprint density at radius 1 is 1.16 bits per heavy atom. The molecular formula is C21H18BrClN2O6. The smallest absolute Gasteiger partial charge is 0.329 e. The van der Waals surface area contributed by atoms with Crippen LogP contribution in [0.3, 0.4) is 0 Å². The molecule has 162 valence electrons. The number of rotatable bonds is 7. The van der Waals surface area contributed by atoms with Crippen LogP contribution in [0.4, 0.5) is 4.79 Å². The molecule has 1 fully saturated rings. The second-order valence-electron chi connectivity index (χ2n) is 6.40. The van der Waals surface area contributed by atoms with Crippen LogP contribution < -0.4 is 14.8 Å². The van der Waals surface area contributed by atoms with Gasteiger partial charge >= 0.3 is 12.0 Å². The summed E-state index contributed by atoms with van der Waals surface area (Å²) in [5, 5.41) is 3.09. The third-order valence-electron chi connectivity index (χ3n) is 4.37. The fourth-order valence-corrected chi connectivity index (χ4v) is 3.30. The van der Waals surface area contributed by atoms with Crippen LogP contribution in [-0.4, -0.2) is 43.6 Å². The van der Waals surface area contributed by atoms with E-state index in [0.717, 1.165) is 10.5 Å². The van der Waals surface area contributed by atoms with Crippen LogP contribution in [-0.2, 0) is 20.9 Å². The van der Waals surface area contributed by atoms with Crippen molar-refractivity contribution in [1.29, 1.82) is 0 Å². The quantitative estimate of drug-likeness (QED) is 0.347. The Labute approximate surface area is 191 Å². The molecule has 0 aliphatic carbocycles.